The molecule has 0 aliphatic rings. The van der Waals surface area contributed by atoms with Crippen molar-refractivity contribution in [2.75, 3.05) is 5.73 Å². The minimum atomic E-state index is 0.776. The Kier molecular flexibility index (Phi) is 2.30. The van der Waals surface area contributed by atoms with Crippen LogP contribution in [0.3, 0.4) is 0 Å². The Labute approximate surface area is 116 Å². The van der Waals surface area contributed by atoms with Crippen LogP contribution < -0.4 is 5.73 Å². The van der Waals surface area contributed by atoms with E-state index in [1.165, 1.54) is 0 Å². The summed E-state index contributed by atoms with van der Waals surface area (Å²) in [6.45, 7) is 0. The number of nitrogen functional groups attached to an aromatic ring is 1. The Balaban J connectivity index is 1.94. The second-order valence-electron chi connectivity index (χ2n) is 4.93. The molecule has 0 saturated heterocycles. The summed E-state index contributed by atoms with van der Waals surface area (Å²) in [6, 6.07) is 22.3. The number of furan rings is 1. The lowest BCUT2D eigenvalue weighted by Gasteiger charge is -2.02. The predicted octanol–water partition coefficient (Wildman–Crippen LogP) is 4.84. The van der Waals surface area contributed by atoms with Crippen LogP contribution in [0.15, 0.2) is 71.1 Å². The Hall–Kier alpha value is -2.74. The fraction of sp³-hybridized carbons (Fsp3) is 0. The summed E-state index contributed by atoms with van der Waals surface area (Å²) in [4.78, 5) is 0. The first-order valence-corrected chi connectivity index (χ1v) is 6.58. The molecule has 0 fully saturated rings. The van der Waals surface area contributed by atoms with Crippen molar-refractivity contribution in [2.24, 2.45) is 0 Å². The van der Waals surface area contributed by atoms with Crippen molar-refractivity contribution >= 4 is 27.6 Å². The molecule has 1 heterocycles. The predicted molar refractivity (Wildman–Crippen MR) is 83.6 cm³/mol. The van der Waals surface area contributed by atoms with Gasteiger partial charge in [-0.1, -0.05) is 36.4 Å². The van der Waals surface area contributed by atoms with Crippen LogP contribution in [0.1, 0.15) is 0 Å². The van der Waals surface area contributed by atoms with Gasteiger partial charge in [0, 0.05) is 16.5 Å². The molecule has 1 aromatic heterocycles. The Morgan fingerprint density at radius 3 is 2.20 bits per heavy atom. The van der Waals surface area contributed by atoms with Gasteiger partial charge in [0.05, 0.1) is 0 Å². The maximum absolute atomic E-state index is 5.91. The molecule has 3 aromatic carbocycles. The summed E-state index contributed by atoms with van der Waals surface area (Å²) in [7, 11) is 0. The maximum Gasteiger partial charge on any atom is 0.136 e. The number of benzene rings is 3. The first-order valence-electron chi connectivity index (χ1n) is 6.58. The number of hydrogen-bond donors (Lipinski definition) is 1. The van der Waals surface area contributed by atoms with Gasteiger partial charge in [-0.25, -0.2) is 0 Å². The number of para-hydroxylation sites is 1. The van der Waals surface area contributed by atoms with E-state index in [4.69, 9.17) is 10.2 Å². The zero-order chi connectivity index (χ0) is 13.5. The highest BCUT2D eigenvalue weighted by molar-refractivity contribution is 6.05. The van der Waals surface area contributed by atoms with Crippen LogP contribution in [0.4, 0.5) is 5.69 Å². The van der Waals surface area contributed by atoms with E-state index in [0.717, 1.165) is 38.8 Å². The molecule has 0 saturated carbocycles. The van der Waals surface area contributed by atoms with Gasteiger partial charge in [0.25, 0.3) is 0 Å². The van der Waals surface area contributed by atoms with Gasteiger partial charge in [-0.05, 0) is 41.5 Å². The van der Waals surface area contributed by atoms with Crippen LogP contribution in [0.5, 0.6) is 0 Å². The van der Waals surface area contributed by atoms with Gasteiger partial charge in [0.2, 0.25) is 0 Å². The molecule has 2 nitrogen and oxygen atoms in total. The fourth-order valence-electron chi connectivity index (χ4n) is 2.58. The van der Waals surface area contributed by atoms with Crippen LogP contribution in [0.2, 0.25) is 0 Å². The molecule has 20 heavy (non-hydrogen) atoms. The van der Waals surface area contributed by atoms with Crippen molar-refractivity contribution in [3.8, 4) is 11.1 Å². The molecule has 96 valence electrons. The number of fused-ring (bicyclic) bond motifs is 3. The van der Waals surface area contributed by atoms with Gasteiger partial charge in [-0.3, -0.25) is 0 Å². The molecule has 0 amide bonds. The molecule has 4 aromatic rings. The Morgan fingerprint density at radius 1 is 0.650 bits per heavy atom. The standard InChI is InChI=1S/C18H13NO/c19-14-8-5-12(6-9-14)13-7-10-16-15-3-1-2-4-17(15)20-18(16)11-13/h1-11H,19H2. The van der Waals surface area contributed by atoms with Gasteiger partial charge in [-0.2, -0.15) is 0 Å². The largest absolute Gasteiger partial charge is 0.456 e. The minimum absolute atomic E-state index is 0.776. The summed E-state index contributed by atoms with van der Waals surface area (Å²) in [6.07, 6.45) is 0. The van der Waals surface area contributed by atoms with E-state index in [1.54, 1.807) is 0 Å². The van der Waals surface area contributed by atoms with Gasteiger partial charge in [0.1, 0.15) is 11.2 Å². The molecule has 2 heteroatoms. The molecular formula is C18H13NO. The third kappa shape index (κ3) is 1.66. The van der Waals surface area contributed by atoms with E-state index in [1.807, 2.05) is 42.5 Å². The third-order valence-electron chi connectivity index (χ3n) is 3.62. The van der Waals surface area contributed by atoms with Crippen molar-refractivity contribution in [2.45, 2.75) is 0 Å². The molecule has 0 atom stereocenters. The smallest absolute Gasteiger partial charge is 0.136 e. The summed E-state index contributed by atoms with van der Waals surface area (Å²) in [5.41, 5.74) is 10.6. The van der Waals surface area contributed by atoms with Crippen molar-refractivity contribution in [1.82, 2.24) is 0 Å². The third-order valence-corrected chi connectivity index (χ3v) is 3.62. The van der Waals surface area contributed by atoms with Gasteiger partial charge in [-0.15, -0.1) is 0 Å². The molecule has 0 aliphatic carbocycles. The Morgan fingerprint density at radius 2 is 1.35 bits per heavy atom. The molecule has 0 unspecified atom stereocenters. The zero-order valence-electron chi connectivity index (χ0n) is 10.8. The van der Waals surface area contributed by atoms with E-state index in [2.05, 4.69) is 24.3 Å². The lowest BCUT2D eigenvalue weighted by atomic mass is 10.0. The fourth-order valence-corrected chi connectivity index (χ4v) is 2.58. The monoisotopic (exact) mass is 259 g/mol. The number of rotatable bonds is 1. The van der Waals surface area contributed by atoms with E-state index < -0.39 is 0 Å². The minimum Gasteiger partial charge on any atom is -0.456 e. The highest BCUT2D eigenvalue weighted by atomic mass is 16.3. The quantitative estimate of drug-likeness (QED) is 0.497. The van der Waals surface area contributed by atoms with E-state index >= 15 is 0 Å². The van der Waals surface area contributed by atoms with Crippen molar-refractivity contribution in [3.63, 3.8) is 0 Å². The number of hydrogen-bond acceptors (Lipinski definition) is 2. The van der Waals surface area contributed by atoms with Gasteiger partial charge < -0.3 is 10.2 Å². The number of nitrogens with two attached hydrogens (primary N) is 1. The van der Waals surface area contributed by atoms with Crippen LogP contribution in [0.25, 0.3) is 33.1 Å². The van der Waals surface area contributed by atoms with Crippen molar-refractivity contribution < 1.29 is 4.42 Å². The lowest BCUT2D eigenvalue weighted by Crippen LogP contribution is -1.83. The number of anilines is 1. The highest BCUT2D eigenvalue weighted by Gasteiger charge is 2.07. The second-order valence-corrected chi connectivity index (χ2v) is 4.93. The molecule has 0 bridgehead atoms. The summed E-state index contributed by atoms with van der Waals surface area (Å²) in [5.74, 6) is 0. The van der Waals surface area contributed by atoms with Crippen molar-refractivity contribution in [1.29, 1.82) is 0 Å². The van der Waals surface area contributed by atoms with E-state index in [9.17, 15) is 0 Å². The summed E-state index contributed by atoms with van der Waals surface area (Å²) < 4.78 is 5.91. The average Bonchev–Trinajstić information content (AvgIpc) is 2.85. The zero-order valence-corrected chi connectivity index (χ0v) is 10.8. The van der Waals surface area contributed by atoms with Crippen molar-refractivity contribution in [3.05, 3.63) is 66.7 Å². The van der Waals surface area contributed by atoms with E-state index in [-0.39, 0.29) is 0 Å². The highest BCUT2D eigenvalue weighted by Crippen LogP contribution is 2.32. The lowest BCUT2D eigenvalue weighted by molar-refractivity contribution is 0.669. The molecule has 4 rings (SSSR count). The summed E-state index contributed by atoms with van der Waals surface area (Å²) >= 11 is 0. The normalized spacial score (nSPS) is 11.2. The Bertz CT molecular complexity index is 904. The van der Waals surface area contributed by atoms with Crippen LogP contribution >= 0.6 is 0 Å². The molecular weight excluding hydrogens is 246 g/mol. The second kappa shape index (κ2) is 4.14. The SMILES string of the molecule is Nc1ccc(-c2ccc3c(c2)oc2ccccc23)cc1. The average molecular weight is 259 g/mol. The topological polar surface area (TPSA) is 39.2 Å². The maximum atomic E-state index is 5.91. The van der Waals surface area contributed by atoms with E-state index in [0.29, 0.717) is 0 Å². The first-order chi connectivity index (χ1) is 9.81. The molecule has 2 N–H and O–H groups in total. The summed E-state index contributed by atoms with van der Waals surface area (Å²) in [5, 5.41) is 2.31. The van der Waals surface area contributed by atoms with Crippen LogP contribution in [0, 0.1) is 0 Å². The molecule has 0 aliphatic heterocycles. The van der Waals surface area contributed by atoms with Crippen LogP contribution in [-0.4, -0.2) is 0 Å². The van der Waals surface area contributed by atoms with Gasteiger partial charge >= 0.3 is 0 Å². The van der Waals surface area contributed by atoms with Crippen LogP contribution in [-0.2, 0) is 0 Å². The molecule has 0 spiro atoms. The molecule has 0 radical (unpaired) electrons. The van der Waals surface area contributed by atoms with Gasteiger partial charge in [0.15, 0.2) is 0 Å². The first kappa shape index (κ1) is 11.1.